The van der Waals surface area contributed by atoms with Crippen LogP contribution in [0.3, 0.4) is 0 Å². The van der Waals surface area contributed by atoms with Crippen LogP contribution in [-0.4, -0.2) is 13.1 Å². The Labute approximate surface area is 74.3 Å². The summed E-state index contributed by atoms with van der Waals surface area (Å²) in [4.78, 5) is 10.9. The average molecular weight is 184 g/mol. The first-order valence-corrected chi connectivity index (χ1v) is 3.49. The Hall–Kier alpha value is -1.78. The molecule has 0 unspecified atom stereocenters. The highest BCUT2D eigenvalue weighted by molar-refractivity contribution is 5.91. The minimum atomic E-state index is -0.722. The number of nitrogens with two attached hydrogens (primary N) is 2. The number of anilines is 2. The minimum absolute atomic E-state index is 0.0281. The van der Waals surface area contributed by atoms with E-state index in [9.17, 15) is 9.18 Å². The summed E-state index contributed by atoms with van der Waals surface area (Å²) < 4.78 is 17.3. The van der Waals surface area contributed by atoms with Gasteiger partial charge in [0.1, 0.15) is 5.82 Å². The topological polar surface area (TPSA) is 78.3 Å². The fourth-order valence-electron chi connectivity index (χ4n) is 0.875. The molecule has 70 valence electrons. The van der Waals surface area contributed by atoms with Gasteiger partial charge in [0, 0.05) is 0 Å². The van der Waals surface area contributed by atoms with Crippen molar-refractivity contribution in [1.29, 1.82) is 0 Å². The van der Waals surface area contributed by atoms with Crippen LogP contribution in [0.15, 0.2) is 12.1 Å². The van der Waals surface area contributed by atoms with Crippen LogP contribution in [0.5, 0.6) is 0 Å². The number of esters is 1. The predicted octanol–water partition coefficient (Wildman–Crippen LogP) is 0.777. The summed E-state index contributed by atoms with van der Waals surface area (Å²) in [5.74, 6) is -1.37. The first-order valence-electron chi connectivity index (χ1n) is 3.49. The van der Waals surface area contributed by atoms with Crippen molar-refractivity contribution < 1.29 is 13.9 Å². The van der Waals surface area contributed by atoms with Crippen LogP contribution in [0.1, 0.15) is 10.4 Å². The Morgan fingerprint density at radius 3 is 2.54 bits per heavy atom. The van der Waals surface area contributed by atoms with E-state index >= 15 is 0 Å². The molecule has 0 spiro atoms. The van der Waals surface area contributed by atoms with Gasteiger partial charge in [-0.1, -0.05) is 0 Å². The van der Waals surface area contributed by atoms with Gasteiger partial charge in [-0.15, -0.1) is 0 Å². The zero-order chi connectivity index (χ0) is 10.0. The highest BCUT2D eigenvalue weighted by Gasteiger charge is 2.11. The van der Waals surface area contributed by atoms with Crippen molar-refractivity contribution in [3.05, 3.63) is 23.5 Å². The van der Waals surface area contributed by atoms with E-state index in [0.717, 1.165) is 6.07 Å². The van der Waals surface area contributed by atoms with E-state index in [1.165, 1.54) is 13.2 Å². The van der Waals surface area contributed by atoms with Crippen molar-refractivity contribution in [3.63, 3.8) is 0 Å². The number of hydrogen-bond acceptors (Lipinski definition) is 4. The van der Waals surface area contributed by atoms with Gasteiger partial charge in [-0.2, -0.15) is 0 Å². The molecule has 0 amide bonds. The van der Waals surface area contributed by atoms with Crippen molar-refractivity contribution in [3.8, 4) is 0 Å². The smallest absolute Gasteiger partial charge is 0.338 e. The summed E-state index contributed by atoms with van der Waals surface area (Å²) in [6.07, 6.45) is 0. The van der Waals surface area contributed by atoms with Crippen LogP contribution in [0.4, 0.5) is 15.8 Å². The van der Waals surface area contributed by atoms with Gasteiger partial charge >= 0.3 is 5.97 Å². The largest absolute Gasteiger partial charge is 0.465 e. The minimum Gasteiger partial charge on any atom is -0.465 e. The van der Waals surface area contributed by atoms with E-state index in [2.05, 4.69) is 4.74 Å². The summed E-state index contributed by atoms with van der Waals surface area (Å²) in [6.45, 7) is 0. The molecule has 1 aromatic carbocycles. The summed E-state index contributed by atoms with van der Waals surface area (Å²) >= 11 is 0. The van der Waals surface area contributed by atoms with Crippen molar-refractivity contribution in [2.75, 3.05) is 18.6 Å². The molecular weight excluding hydrogens is 175 g/mol. The first-order chi connectivity index (χ1) is 6.06. The molecule has 0 saturated heterocycles. The number of nitrogen functional groups attached to an aromatic ring is 2. The van der Waals surface area contributed by atoms with Gasteiger partial charge < -0.3 is 16.2 Å². The fourth-order valence-corrected chi connectivity index (χ4v) is 0.875. The Bertz CT molecular complexity index is 329. The molecule has 0 aliphatic rings. The third-order valence-electron chi connectivity index (χ3n) is 1.58. The second kappa shape index (κ2) is 3.30. The van der Waals surface area contributed by atoms with Crippen molar-refractivity contribution in [2.24, 2.45) is 0 Å². The molecule has 0 aromatic heterocycles. The standard InChI is InChI=1S/C8H9FN2O2/c1-13-8(12)4-2-5(9)7(11)6(10)3-4/h2-3H,10-11H2,1H3. The molecule has 0 saturated carbocycles. The van der Waals surface area contributed by atoms with E-state index in [0.29, 0.717) is 0 Å². The van der Waals surface area contributed by atoms with Crippen LogP contribution in [0.25, 0.3) is 0 Å². The van der Waals surface area contributed by atoms with Crippen LogP contribution < -0.4 is 11.5 Å². The van der Waals surface area contributed by atoms with Crippen molar-refractivity contribution in [1.82, 2.24) is 0 Å². The van der Waals surface area contributed by atoms with Crippen molar-refractivity contribution >= 4 is 17.3 Å². The molecule has 4 nitrogen and oxygen atoms in total. The number of halogens is 1. The zero-order valence-electron chi connectivity index (χ0n) is 7.00. The Morgan fingerprint density at radius 2 is 2.08 bits per heavy atom. The Morgan fingerprint density at radius 1 is 1.46 bits per heavy atom. The highest BCUT2D eigenvalue weighted by Crippen LogP contribution is 2.20. The predicted molar refractivity (Wildman–Crippen MR) is 46.6 cm³/mol. The fraction of sp³-hybridized carbons (Fsp3) is 0.125. The highest BCUT2D eigenvalue weighted by atomic mass is 19.1. The van der Waals surface area contributed by atoms with Gasteiger partial charge in [0.15, 0.2) is 0 Å². The van der Waals surface area contributed by atoms with Gasteiger partial charge in [-0.25, -0.2) is 9.18 Å². The van der Waals surface area contributed by atoms with Gasteiger partial charge in [0.05, 0.1) is 24.0 Å². The lowest BCUT2D eigenvalue weighted by Crippen LogP contribution is -2.05. The van der Waals surface area contributed by atoms with Gasteiger partial charge in [-0.05, 0) is 12.1 Å². The maximum atomic E-state index is 12.9. The molecule has 5 heteroatoms. The maximum Gasteiger partial charge on any atom is 0.338 e. The summed E-state index contributed by atoms with van der Waals surface area (Å²) in [5, 5.41) is 0. The first kappa shape index (κ1) is 9.31. The van der Waals surface area contributed by atoms with E-state index < -0.39 is 11.8 Å². The maximum absolute atomic E-state index is 12.9. The van der Waals surface area contributed by atoms with E-state index in [4.69, 9.17) is 11.5 Å². The number of carbonyl (C=O) groups is 1. The van der Waals surface area contributed by atoms with Gasteiger partial charge in [0.2, 0.25) is 0 Å². The van der Waals surface area contributed by atoms with Crippen LogP contribution in [0, 0.1) is 5.82 Å². The van der Waals surface area contributed by atoms with E-state index in [1.54, 1.807) is 0 Å². The number of benzene rings is 1. The van der Waals surface area contributed by atoms with Crippen molar-refractivity contribution in [2.45, 2.75) is 0 Å². The number of methoxy groups -OCH3 is 1. The third kappa shape index (κ3) is 1.69. The molecule has 1 rings (SSSR count). The van der Waals surface area contributed by atoms with Gasteiger partial charge in [-0.3, -0.25) is 0 Å². The zero-order valence-corrected chi connectivity index (χ0v) is 7.00. The van der Waals surface area contributed by atoms with E-state index in [-0.39, 0.29) is 16.9 Å². The van der Waals surface area contributed by atoms with Gasteiger partial charge in [0.25, 0.3) is 0 Å². The summed E-state index contributed by atoms with van der Waals surface area (Å²) in [7, 11) is 1.20. The lowest BCUT2D eigenvalue weighted by Gasteiger charge is -2.04. The molecule has 13 heavy (non-hydrogen) atoms. The Kier molecular flexibility index (Phi) is 2.36. The molecule has 0 fully saturated rings. The quantitative estimate of drug-likeness (QED) is 0.499. The summed E-state index contributed by atoms with van der Waals surface area (Å²) in [5.41, 5.74) is 10.5. The normalized spacial score (nSPS) is 9.69. The number of rotatable bonds is 1. The number of hydrogen-bond donors (Lipinski definition) is 2. The second-order valence-electron chi connectivity index (χ2n) is 2.45. The lowest BCUT2D eigenvalue weighted by molar-refractivity contribution is 0.0600. The van der Waals surface area contributed by atoms with Crippen LogP contribution >= 0.6 is 0 Å². The van der Waals surface area contributed by atoms with Crippen LogP contribution in [-0.2, 0) is 4.74 Å². The number of ether oxygens (including phenoxy) is 1. The monoisotopic (exact) mass is 184 g/mol. The molecule has 0 heterocycles. The molecule has 0 bridgehead atoms. The third-order valence-corrected chi connectivity index (χ3v) is 1.58. The molecule has 1 aromatic rings. The molecule has 4 N–H and O–H groups in total. The molecule has 0 radical (unpaired) electrons. The SMILES string of the molecule is COC(=O)c1cc(N)c(N)c(F)c1. The Balaban J connectivity index is 3.20. The molecule has 0 aliphatic heterocycles. The number of carbonyl (C=O) groups excluding carboxylic acids is 1. The molecular formula is C8H9FN2O2. The second-order valence-corrected chi connectivity index (χ2v) is 2.45. The van der Waals surface area contributed by atoms with E-state index in [1.807, 2.05) is 0 Å². The lowest BCUT2D eigenvalue weighted by atomic mass is 10.1. The average Bonchev–Trinajstić information content (AvgIpc) is 2.12. The molecule has 0 atom stereocenters. The molecule has 0 aliphatic carbocycles. The van der Waals surface area contributed by atoms with Crippen LogP contribution in [0.2, 0.25) is 0 Å². The summed E-state index contributed by atoms with van der Waals surface area (Å²) in [6, 6.07) is 2.25.